The Balaban J connectivity index is 1.42. The van der Waals surface area contributed by atoms with Crippen LogP contribution >= 0.6 is 0 Å². The summed E-state index contributed by atoms with van der Waals surface area (Å²) in [5.41, 5.74) is 3.39. The van der Waals surface area contributed by atoms with E-state index < -0.39 is 5.97 Å². The lowest BCUT2D eigenvalue weighted by Crippen LogP contribution is -2.43. The summed E-state index contributed by atoms with van der Waals surface area (Å²) in [6.45, 7) is 3.69. The van der Waals surface area contributed by atoms with Gasteiger partial charge < -0.3 is 14.7 Å². The lowest BCUT2D eigenvalue weighted by atomic mass is 9.79. The first kappa shape index (κ1) is 22.6. The third-order valence-electron chi connectivity index (χ3n) is 8.15. The molecule has 0 amide bonds. The highest BCUT2D eigenvalue weighted by molar-refractivity contribution is 5.92. The van der Waals surface area contributed by atoms with E-state index in [0.717, 1.165) is 81.5 Å². The molecule has 3 fully saturated rings. The van der Waals surface area contributed by atoms with Gasteiger partial charge in [0.15, 0.2) is 11.3 Å². The van der Waals surface area contributed by atoms with E-state index in [2.05, 4.69) is 9.88 Å². The second-order valence-corrected chi connectivity index (χ2v) is 10.2. The lowest BCUT2D eigenvalue weighted by molar-refractivity contribution is 0.0252. The van der Waals surface area contributed by atoms with Crippen LogP contribution in [0.5, 0.6) is 0 Å². The largest absolute Gasteiger partial charge is 0.477 e. The number of pyridine rings is 1. The first-order valence-corrected chi connectivity index (χ1v) is 12.8. The van der Waals surface area contributed by atoms with Crippen molar-refractivity contribution in [1.29, 1.82) is 0 Å². The molecular weight excluding hydrogens is 447 g/mol. The van der Waals surface area contributed by atoms with Crippen molar-refractivity contribution in [1.82, 2.24) is 19.7 Å². The number of fused-ring (bicyclic) bond motifs is 1. The van der Waals surface area contributed by atoms with Crippen molar-refractivity contribution in [2.24, 2.45) is 0 Å². The standard InChI is InChI=1S/C27H31FN4O3/c28-19-4-6-21(7-5-19)32-26-24(25(30-32)18-2-1-3-18)22(16-23(29-26)27(33)34)17-8-12-31(13-9-17)20-10-14-35-15-11-20/h4-7,16-18,20H,1-3,8-15H2,(H,33,34). The average molecular weight is 479 g/mol. The van der Waals surface area contributed by atoms with Crippen LogP contribution in [0, 0.1) is 5.82 Å². The van der Waals surface area contributed by atoms with E-state index in [0.29, 0.717) is 23.3 Å². The molecule has 2 saturated heterocycles. The van der Waals surface area contributed by atoms with Crippen molar-refractivity contribution < 1.29 is 19.0 Å². The van der Waals surface area contributed by atoms with Gasteiger partial charge in [-0.05, 0) is 93.4 Å². The van der Waals surface area contributed by atoms with Gasteiger partial charge in [0.25, 0.3) is 0 Å². The topological polar surface area (TPSA) is 80.5 Å². The molecule has 0 radical (unpaired) electrons. The second kappa shape index (κ2) is 9.32. The molecule has 184 valence electrons. The van der Waals surface area contributed by atoms with Crippen LogP contribution < -0.4 is 0 Å². The predicted molar refractivity (Wildman–Crippen MR) is 130 cm³/mol. The Bertz CT molecular complexity index is 1220. The Labute approximate surface area is 203 Å². The van der Waals surface area contributed by atoms with Crippen molar-refractivity contribution in [2.75, 3.05) is 26.3 Å². The van der Waals surface area contributed by atoms with Crippen LogP contribution in [0.15, 0.2) is 30.3 Å². The van der Waals surface area contributed by atoms with E-state index in [1.807, 2.05) is 0 Å². The predicted octanol–water partition coefficient (Wildman–Crippen LogP) is 4.88. The fraction of sp³-hybridized carbons (Fsp3) is 0.519. The monoisotopic (exact) mass is 478 g/mol. The summed E-state index contributed by atoms with van der Waals surface area (Å²) in [4.78, 5) is 19.2. The summed E-state index contributed by atoms with van der Waals surface area (Å²) < 4.78 is 20.9. The van der Waals surface area contributed by atoms with Gasteiger partial charge in [0.2, 0.25) is 0 Å². The number of rotatable bonds is 5. The third-order valence-corrected chi connectivity index (χ3v) is 8.15. The molecule has 1 aliphatic carbocycles. The van der Waals surface area contributed by atoms with Crippen molar-refractivity contribution in [3.63, 3.8) is 0 Å². The smallest absolute Gasteiger partial charge is 0.354 e. The summed E-state index contributed by atoms with van der Waals surface area (Å²) in [5.74, 6) is -0.734. The molecule has 2 aromatic heterocycles. The number of aromatic carboxylic acids is 1. The summed E-state index contributed by atoms with van der Waals surface area (Å²) in [5, 5.41) is 15.9. The molecular formula is C27H31FN4O3. The van der Waals surface area contributed by atoms with E-state index in [1.165, 1.54) is 18.6 Å². The van der Waals surface area contributed by atoms with Gasteiger partial charge in [0.05, 0.1) is 11.4 Å². The number of likely N-dealkylation sites (tertiary alicyclic amines) is 1. The van der Waals surface area contributed by atoms with Gasteiger partial charge in [-0.2, -0.15) is 5.10 Å². The first-order valence-electron chi connectivity index (χ1n) is 12.8. The van der Waals surface area contributed by atoms with Gasteiger partial charge in [-0.1, -0.05) is 6.42 Å². The van der Waals surface area contributed by atoms with Crippen molar-refractivity contribution in [3.8, 4) is 5.69 Å². The van der Waals surface area contributed by atoms with Gasteiger partial charge in [-0.25, -0.2) is 18.9 Å². The molecule has 7 nitrogen and oxygen atoms in total. The number of halogens is 1. The average Bonchev–Trinajstić information content (AvgIpc) is 3.22. The number of hydrogen-bond donors (Lipinski definition) is 1. The number of hydrogen-bond acceptors (Lipinski definition) is 5. The third kappa shape index (κ3) is 4.23. The maximum absolute atomic E-state index is 13.6. The van der Waals surface area contributed by atoms with Crippen LogP contribution in [-0.4, -0.2) is 63.1 Å². The molecule has 35 heavy (non-hydrogen) atoms. The molecule has 8 heteroatoms. The normalized spacial score (nSPS) is 20.8. The quantitative estimate of drug-likeness (QED) is 0.563. The molecule has 2 aliphatic heterocycles. The molecule has 3 aromatic rings. The zero-order chi connectivity index (χ0) is 23.9. The Morgan fingerprint density at radius 2 is 1.71 bits per heavy atom. The lowest BCUT2D eigenvalue weighted by Gasteiger charge is -2.39. The molecule has 1 aromatic carbocycles. The molecule has 0 unspecified atom stereocenters. The van der Waals surface area contributed by atoms with E-state index >= 15 is 0 Å². The van der Waals surface area contributed by atoms with Gasteiger partial charge in [-0.3, -0.25) is 0 Å². The number of piperidine rings is 1. The maximum atomic E-state index is 13.6. The van der Waals surface area contributed by atoms with E-state index in [9.17, 15) is 14.3 Å². The van der Waals surface area contributed by atoms with Crippen LogP contribution in [0.2, 0.25) is 0 Å². The minimum absolute atomic E-state index is 0.0442. The number of nitrogens with zero attached hydrogens (tertiary/aromatic N) is 4. The van der Waals surface area contributed by atoms with E-state index in [4.69, 9.17) is 9.84 Å². The molecule has 0 bridgehead atoms. The highest BCUT2D eigenvalue weighted by Crippen LogP contribution is 2.43. The first-order chi connectivity index (χ1) is 17.1. The zero-order valence-electron chi connectivity index (χ0n) is 19.8. The van der Waals surface area contributed by atoms with Gasteiger partial charge >= 0.3 is 5.97 Å². The van der Waals surface area contributed by atoms with Crippen molar-refractivity contribution in [3.05, 3.63) is 53.1 Å². The van der Waals surface area contributed by atoms with Gasteiger partial charge in [-0.15, -0.1) is 0 Å². The fourth-order valence-electron chi connectivity index (χ4n) is 5.96. The van der Waals surface area contributed by atoms with Crippen LogP contribution in [0.4, 0.5) is 4.39 Å². The minimum Gasteiger partial charge on any atom is -0.477 e. The van der Waals surface area contributed by atoms with Gasteiger partial charge in [0, 0.05) is 30.6 Å². The molecule has 1 saturated carbocycles. The van der Waals surface area contributed by atoms with Crippen LogP contribution in [0.25, 0.3) is 16.7 Å². The Kier molecular flexibility index (Phi) is 6.02. The van der Waals surface area contributed by atoms with Crippen molar-refractivity contribution >= 4 is 17.0 Å². The number of carboxylic acid groups (broad SMARTS) is 1. The number of carboxylic acids is 1. The Morgan fingerprint density at radius 3 is 2.34 bits per heavy atom. The maximum Gasteiger partial charge on any atom is 0.354 e. The number of carbonyl (C=O) groups is 1. The summed E-state index contributed by atoms with van der Waals surface area (Å²) in [6.07, 6.45) is 7.49. The Hall–Kier alpha value is -2.84. The highest BCUT2D eigenvalue weighted by Gasteiger charge is 2.33. The van der Waals surface area contributed by atoms with Crippen LogP contribution in [-0.2, 0) is 4.74 Å². The SMILES string of the molecule is O=C(O)c1cc(C2CCN(C3CCOCC3)CC2)c2c(C3CCC3)nn(-c3ccc(F)cc3)c2n1. The summed E-state index contributed by atoms with van der Waals surface area (Å²) >= 11 is 0. The van der Waals surface area contributed by atoms with E-state index in [1.54, 1.807) is 22.9 Å². The highest BCUT2D eigenvalue weighted by atomic mass is 19.1. The van der Waals surface area contributed by atoms with Crippen LogP contribution in [0.1, 0.15) is 78.5 Å². The fourth-order valence-corrected chi connectivity index (χ4v) is 5.96. The van der Waals surface area contributed by atoms with Gasteiger partial charge in [0.1, 0.15) is 5.82 Å². The number of aromatic nitrogens is 3. The summed E-state index contributed by atoms with van der Waals surface area (Å²) in [6, 6.07) is 8.53. The molecule has 4 heterocycles. The van der Waals surface area contributed by atoms with E-state index in [-0.39, 0.29) is 17.4 Å². The van der Waals surface area contributed by atoms with Crippen molar-refractivity contribution in [2.45, 2.75) is 62.8 Å². The minimum atomic E-state index is -1.04. The number of benzene rings is 1. The molecule has 6 rings (SSSR count). The number of ether oxygens (including phenoxy) is 1. The van der Waals surface area contributed by atoms with Crippen LogP contribution in [0.3, 0.4) is 0 Å². The summed E-state index contributed by atoms with van der Waals surface area (Å²) in [7, 11) is 0. The zero-order valence-corrected chi connectivity index (χ0v) is 19.8. The Morgan fingerprint density at radius 1 is 1.00 bits per heavy atom. The molecule has 3 aliphatic rings. The molecule has 1 N–H and O–H groups in total. The molecule has 0 atom stereocenters. The second-order valence-electron chi connectivity index (χ2n) is 10.2. The molecule has 0 spiro atoms.